The molecule has 2 aromatic rings. The van der Waals surface area contributed by atoms with Gasteiger partial charge in [0.2, 0.25) is 10.0 Å². The summed E-state index contributed by atoms with van der Waals surface area (Å²) in [6.45, 7) is 3.49. The fraction of sp³-hybridized carbons (Fsp3) is 0.455. The molecule has 0 bridgehead atoms. The highest BCUT2D eigenvalue weighted by atomic mass is 32.2. The topological polar surface area (TPSA) is 59.1 Å². The molecule has 0 N–H and O–H groups in total. The fourth-order valence-electron chi connectivity index (χ4n) is 4.19. The van der Waals surface area contributed by atoms with Crippen molar-refractivity contribution < 1.29 is 17.9 Å². The Morgan fingerprint density at radius 2 is 1.83 bits per heavy atom. The third-order valence-electron chi connectivity index (χ3n) is 5.76. The molecule has 2 aromatic carbocycles. The minimum Gasteiger partial charge on any atom is -0.497 e. The lowest BCUT2D eigenvalue weighted by molar-refractivity contribution is 0.0730. The molecule has 0 aromatic heterocycles. The molecular formula is C22H28N2O4S. The van der Waals surface area contributed by atoms with Gasteiger partial charge in [-0.25, -0.2) is 8.42 Å². The average molecular weight is 417 g/mol. The van der Waals surface area contributed by atoms with E-state index >= 15 is 0 Å². The molecule has 2 fully saturated rings. The van der Waals surface area contributed by atoms with Crippen LogP contribution in [-0.2, 0) is 21.3 Å². The van der Waals surface area contributed by atoms with Gasteiger partial charge >= 0.3 is 0 Å². The lowest BCUT2D eigenvalue weighted by atomic mass is 10.0. The quantitative estimate of drug-likeness (QED) is 0.724. The van der Waals surface area contributed by atoms with Crippen molar-refractivity contribution in [3.63, 3.8) is 0 Å². The predicted molar refractivity (Wildman–Crippen MR) is 111 cm³/mol. The Hall–Kier alpha value is -1.93. The third-order valence-corrected chi connectivity index (χ3v) is 7.65. The van der Waals surface area contributed by atoms with E-state index < -0.39 is 10.0 Å². The summed E-state index contributed by atoms with van der Waals surface area (Å²) in [5, 5.41) is 0. The van der Waals surface area contributed by atoms with E-state index in [9.17, 15) is 8.42 Å². The number of benzene rings is 2. The summed E-state index contributed by atoms with van der Waals surface area (Å²) in [4.78, 5) is 2.81. The maximum atomic E-state index is 13.0. The van der Waals surface area contributed by atoms with Crippen LogP contribution in [0.1, 0.15) is 30.0 Å². The molecule has 6 nitrogen and oxygen atoms in total. The monoisotopic (exact) mass is 416 g/mol. The van der Waals surface area contributed by atoms with Gasteiger partial charge in [0.05, 0.1) is 25.2 Å². The molecule has 4 rings (SSSR count). The molecule has 2 aliphatic rings. The Labute approximate surface area is 173 Å². The number of ether oxygens (including phenoxy) is 2. The van der Waals surface area contributed by atoms with Crippen molar-refractivity contribution in [1.29, 1.82) is 0 Å². The number of sulfonamides is 1. The second-order valence-corrected chi connectivity index (χ2v) is 9.50. The number of likely N-dealkylation sites (tertiary alicyclic amines) is 1. The van der Waals surface area contributed by atoms with Gasteiger partial charge in [0.1, 0.15) is 5.75 Å². The molecule has 0 aliphatic carbocycles. The van der Waals surface area contributed by atoms with Gasteiger partial charge in [0.25, 0.3) is 0 Å². The smallest absolute Gasteiger partial charge is 0.243 e. The van der Waals surface area contributed by atoms with Gasteiger partial charge in [0.15, 0.2) is 0 Å². The normalized spacial score (nSPS) is 21.3. The van der Waals surface area contributed by atoms with Crippen molar-refractivity contribution in [1.82, 2.24) is 9.21 Å². The van der Waals surface area contributed by atoms with Crippen LogP contribution in [0.2, 0.25) is 0 Å². The van der Waals surface area contributed by atoms with Gasteiger partial charge < -0.3 is 9.47 Å². The minimum atomic E-state index is -3.47. The Morgan fingerprint density at radius 1 is 1.07 bits per heavy atom. The SMILES string of the molecule is COc1ccc(C2CCCN2Cc2cccc(S(=O)(=O)N3CCOCC3)c2)cc1. The molecule has 1 atom stereocenters. The van der Waals surface area contributed by atoms with Gasteiger partial charge in [-0.3, -0.25) is 4.90 Å². The van der Waals surface area contributed by atoms with E-state index in [0.29, 0.717) is 37.2 Å². The van der Waals surface area contributed by atoms with E-state index in [1.165, 1.54) is 9.87 Å². The molecule has 2 heterocycles. The molecule has 2 saturated heterocycles. The van der Waals surface area contributed by atoms with Crippen LogP contribution in [0.4, 0.5) is 0 Å². The summed E-state index contributed by atoms with van der Waals surface area (Å²) in [7, 11) is -1.80. The summed E-state index contributed by atoms with van der Waals surface area (Å²) in [5.41, 5.74) is 2.31. The lowest BCUT2D eigenvalue weighted by Crippen LogP contribution is -2.40. The van der Waals surface area contributed by atoms with Gasteiger partial charge in [-0.05, 0) is 54.8 Å². The maximum absolute atomic E-state index is 13.0. The molecule has 156 valence electrons. The standard InChI is InChI=1S/C22H28N2O4S/c1-27-20-9-7-19(8-10-20)22-6-3-11-23(22)17-18-4-2-5-21(16-18)29(25,26)24-12-14-28-15-13-24/h2,4-5,7-10,16,22H,3,6,11-15,17H2,1H3. The van der Waals surface area contributed by atoms with Crippen molar-refractivity contribution in [2.45, 2.75) is 30.3 Å². The molecule has 0 radical (unpaired) electrons. The van der Waals surface area contributed by atoms with Crippen molar-refractivity contribution in [3.05, 3.63) is 59.7 Å². The number of methoxy groups -OCH3 is 1. The Balaban J connectivity index is 1.51. The summed E-state index contributed by atoms with van der Waals surface area (Å²) < 4.78 is 38.0. The second-order valence-electron chi connectivity index (χ2n) is 7.57. The van der Waals surface area contributed by atoms with Crippen LogP contribution in [0.5, 0.6) is 5.75 Å². The number of morpholine rings is 1. The molecule has 0 saturated carbocycles. The number of hydrogen-bond donors (Lipinski definition) is 0. The Kier molecular flexibility index (Phi) is 6.20. The summed E-state index contributed by atoms with van der Waals surface area (Å²) >= 11 is 0. The first-order valence-corrected chi connectivity index (χ1v) is 11.6. The highest BCUT2D eigenvalue weighted by Crippen LogP contribution is 2.34. The lowest BCUT2D eigenvalue weighted by Gasteiger charge is -2.27. The van der Waals surface area contributed by atoms with Gasteiger partial charge in [-0.15, -0.1) is 0 Å². The predicted octanol–water partition coefficient (Wildman–Crippen LogP) is 3.05. The molecular weight excluding hydrogens is 388 g/mol. The summed E-state index contributed by atoms with van der Waals surface area (Å²) in [6.07, 6.45) is 2.25. The molecule has 0 spiro atoms. The molecule has 1 unspecified atom stereocenters. The second kappa shape index (κ2) is 8.83. The first-order valence-electron chi connectivity index (χ1n) is 10.1. The zero-order valence-corrected chi connectivity index (χ0v) is 17.6. The van der Waals surface area contributed by atoms with Crippen LogP contribution in [0.15, 0.2) is 53.4 Å². The van der Waals surface area contributed by atoms with Crippen LogP contribution in [0.3, 0.4) is 0 Å². The highest BCUT2D eigenvalue weighted by Gasteiger charge is 2.28. The zero-order chi connectivity index (χ0) is 20.3. The van der Waals surface area contributed by atoms with Crippen molar-refractivity contribution in [3.8, 4) is 5.75 Å². The third kappa shape index (κ3) is 4.48. The van der Waals surface area contributed by atoms with Crippen LogP contribution in [-0.4, -0.2) is 57.6 Å². The van der Waals surface area contributed by atoms with E-state index in [4.69, 9.17) is 9.47 Å². The first kappa shape index (κ1) is 20.3. The van der Waals surface area contributed by atoms with Crippen molar-refractivity contribution in [2.24, 2.45) is 0 Å². The fourth-order valence-corrected chi connectivity index (χ4v) is 5.67. The van der Waals surface area contributed by atoms with Crippen LogP contribution in [0.25, 0.3) is 0 Å². The Morgan fingerprint density at radius 3 is 2.55 bits per heavy atom. The number of hydrogen-bond acceptors (Lipinski definition) is 5. The van der Waals surface area contributed by atoms with Gasteiger partial charge in [-0.1, -0.05) is 24.3 Å². The van der Waals surface area contributed by atoms with E-state index in [-0.39, 0.29) is 0 Å². The van der Waals surface area contributed by atoms with E-state index in [0.717, 1.165) is 37.2 Å². The molecule has 0 amide bonds. The van der Waals surface area contributed by atoms with Crippen molar-refractivity contribution in [2.75, 3.05) is 40.0 Å². The molecule has 29 heavy (non-hydrogen) atoms. The van der Waals surface area contributed by atoms with Crippen molar-refractivity contribution >= 4 is 10.0 Å². The van der Waals surface area contributed by atoms with Crippen LogP contribution < -0.4 is 4.74 Å². The van der Waals surface area contributed by atoms with Gasteiger partial charge in [0, 0.05) is 25.7 Å². The minimum absolute atomic E-state index is 0.348. The van der Waals surface area contributed by atoms with Crippen LogP contribution >= 0.6 is 0 Å². The van der Waals surface area contributed by atoms with E-state index in [1.54, 1.807) is 13.2 Å². The van der Waals surface area contributed by atoms with E-state index in [1.807, 2.05) is 30.3 Å². The number of nitrogens with zero attached hydrogens (tertiary/aromatic N) is 2. The highest BCUT2D eigenvalue weighted by molar-refractivity contribution is 7.89. The summed E-state index contributed by atoms with van der Waals surface area (Å²) in [6, 6.07) is 16.0. The molecule has 2 aliphatic heterocycles. The number of rotatable bonds is 6. The van der Waals surface area contributed by atoms with Crippen LogP contribution in [0, 0.1) is 0 Å². The Bertz CT molecular complexity index is 924. The first-order chi connectivity index (χ1) is 14.1. The zero-order valence-electron chi connectivity index (χ0n) is 16.8. The average Bonchev–Trinajstić information content (AvgIpc) is 3.22. The maximum Gasteiger partial charge on any atom is 0.243 e. The largest absolute Gasteiger partial charge is 0.497 e. The van der Waals surface area contributed by atoms with Gasteiger partial charge in [-0.2, -0.15) is 4.31 Å². The summed E-state index contributed by atoms with van der Waals surface area (Å²) in [5.74, 6) is 0.860. The van der Waals surface area contributed by atoms with E-state index in [2.05, 4.69) is 17.0 Å². The molecule has 7 heteroatoms.